The van der Waals surface area contributed by atoms with Crippen LogP contribution in [0.25, 0.3) is 0 Å². The van der Waals surface area contributed by atoms with E-state index < -0.39 is 0 Å². The maximum atomic E-state index is 5.87. The Morgan fingerprint density at radius 3 is 2.47 bits per heavy atom. The molecule has 0 saturated carbocycles. The number of nitrogens with two attached hydrogens (primary N) is 1. The largest absolute Gasteiger partial charge is 0.329 e. The second kappa shape index (κ2) is 7.53. The van der Waals surface area contributed by atoms with Gasteiger partial charge >= 0.3 is 0 Å². The van der Waals surface area contributed by atoms with E-state index in [4.69, 9.17) is 5.73 Å². The number of hydrogen-bond acceptors (Lipinski definition) is 5. The molecule has 106 valence electrons. The molecule has 2 rings (SSSR count). The molecule has 2 heterocycles. The smallest absolute Gasteiger partial charge is 0.142 e. The molecule has 0 radical (unpaired) electrons. The molecule has 19 heavy (non-hydrogen) atoms. The minimum absolute atomic E-state index is 0.556. The van der Waals surface area contributed by atoms with Crippen LogP contribution in [0.2, 0.25) is 0 Å². The summed E-state index contributed by atoms with van der Waals surface area (Å²) < 4.78 is 0. The van der Waals surface area contributed by atoms with Gasteiger partial charge in [-0.05, 0) is 12.5 Å². The van der Waals surface area contributed by atoms with Crippen LogP contribution in [0.4, 0.5) is 0 Å². The lowest BCUT2D eigenvalue weighted by Crippen LogP contribution is -2.52. The highest BCUT2D eigenvalue weighted by Crippen LogP contribution is 2.11. The Kier molecular flexibility index (Phi) is 5.69. The average molecular weight is 263 g/mol. The van der Waals surface area contributed by atoms with Gasteiger partial charge in [0.15, 0.2) is 0 Å². The third-order valence-electron chi connectivity index (χ3n) is 3.80. The monoisotopic (exact) mass is 263 g/mol. The molecule has 5 heteroatoms. The van der Waals surface area contributed by atoms with E-state index in [2.05, 4.69) is 26.7 Å². The molecule has 0 bridgehead atoms. The number of aromatic nitrogens is 2. The van der Waals surface area contributed by atoms with Crippen LogP contribution < -0.4 is 5.73 Å². The molecule has 1 aliphatic rings. The summed E-state index contributed by atoms with van der Waals surface area (Å²) >= 11 is 0. The summed E-state index contributed by atoms with van der Waals surface area (Å²) in [6, 6.07) is 2.41. The van der Waals surface area contributed by atoms with Crippen LogP contribution in [0.5, 0.6) is 0 Å². The Morgan fingerprint density at radius 1 is 1.21 bits per heavy atom. The Labute approximate surface area is 115 Å². The molecule has 1 unspecified atom stereocenters. The molecular weight excluding hydrogens is 238 g/mol. The summed E-state index contributed by atoms with van der Waals surface area (Å²) in [5, 5.41) is 0. The molecule has 0 amide bonds. The molecule has 2 N–H and O–H groups in total. The van der Waals surface area contributed by atoms with Crippen LogP contribution in [0, 0.1) is 0 Å². The molecule has 0 spiro atoms. The van der Waals surface area contributed by atoms with Gasteiger partial charge in [0.1, 0.15) is 5.82 Å². The highest BCUT2D eigenvalue weighted by molar-refractivity contribution is 4.89. The van der Waals surface area contributed by atoms with Crippen LogP contribution >= 0.6 is 0 Å². The molecule has 1 aromatic rings. The van der Waals surface area contributed by atoms with Gasteiger partial charge in [-0.1, -0.05) is 13.3 Å². The molecule has 0 aromatic carbocycles. The highest BCUT2D eigenvalue weighted by Gasteiger charge is 2.22. The Balaban J connectivity index is 1.79. The van der Waals surface area contributed by atoms with E-state index >= 15 is 0 Å². The maximum absolute atomic E-state index is 5.87. The summed E-state index contributed by atoms with van der Waals surface area (Å²) in [4.78, 5) is 13.5. The average Bonchev–Trinajstić information content (AvgIpc) is 2.47. The van der Waals surface area contributed by atoms with Crippen molar-refractivity contribution in [3.63, 3.8) is 0 Å². The van der Waals surface area contributed by atoms with Crippen LogP contribution in [0.3, 0.4) is 0 Å². The van der Waals surface area contributed by atoms with Crippen molar-refractivity contribution in [3.05, 3.63) is 24.3 Å². The van der Waals surface area contributed by atoms with Crippen molar-refractivity contribution in [2.75, 3.05) is 32.7 Å². The second-order valence-corrected chi connectivity index (χ2v) is 5.16. The van der Waals surface area contributed by atoms with E-state index in [0.717, 1.165) is 45.1 Å². The molecule has 1 atom stereocenters. The van der Waals surface area contributed by atoms with Crippen LogP contribution in [0.15, 0.2) is 18.5 Å². The third-order valence-corrected chi connectivity index (χ3v) is 3.80. The lowest BCUT2D eigenvalue weighted by molar-refractivity contribution is 0.0890. The summed E-state index contributed by atoms with van der Waals surface area (Å²) in [5.41, 5.74) is 5.87. The third kappa shape index (κ3) is 4.23. The van der Waals surface area contributed by atoms with Crippen LogP contribution in [0.1, 0.15) is 25.6 Å². The van der Waals surface area contributed by atoms with Gasteiger partial charge in [-0.2, -0.15) is 0 Å². The fourth-order valence-electron chi connectivity index (χ4n) is 2.68. The van der Waals surface area contributed by atoms with Crippen molar-refractivity contribution in [1.82, 2.24) is 19.8 Å². The van der Waals surface area contributed by atoms with Crippen LogP contribution in [-0.2, 0) is 6.54 Å². The molecule has 1 aromatic heterocycles. The van der Waals surface area contributed by atoms with Gasteiger partial charge in [0.25, 0.3) is 0 Å². The van der Waals surface area contributed by atoms with Crippen molar-refractivity contribution >= 4 is 0 Å². The fourth-order valence-corrected chi connectivity index (χ4v) is 2.68. The van der Waals surface area contributed by atoms with E-state index in [9.17, 15) is 0 Å². The fraction of sp³-hybridized carbons (Fsp3) is 0.714. The topological polar surface area (TPSA) is 58.3 Å². The van der Waals surface area contributed by atoms with E-state index in [0.29, 0.717) is 6.04 Å². The summed E-state index contributed by atoms with van der Waals surface area (Å²) in [7, 11) is 0. The first-order chi connectivity index (χ1) is 9.33. The summed E-state index contributed by atoms with van der Waals surface area (Å²) in [5.74, 6) is 0.917. The van der Waals surface area contributed by atoms with Gasteiger partial charge in [-0.15, -0.1) is 0 Å². The normalized spacial score (nSPS) is 19.5. The van der Waals surface area contributed by atoms with E-state index in [1.54, 1.807) is 0 Å². The van der Waals surface area contributed by atoms with Gasteiger partial charge < -0.3 is 5.73 Å². The molecule has 0 aliphatic carbocycles. The number of hydrogen-bond donors (Lipinski definition) is 1. The zero-order valence-electron chi connectivity index (χ0n) is 11.8. The number of rotatable bonds is 6. The van der Waals surface area contributed by atoms with Gasteiger partial charge in [0.2, 0.25) is 0 Å². The minimum atomic E-state index is 0.556. The second-order valence-electron chi connectivity index (χ2n) is 5.16. The number of piperazine rings is 1. The summed E-state index contributed by atoms with van der Waals surface area (Å²) in [6.45, 7) is 8.23. The molecule has 5 nitrogen and oxygen atoms in total. The van der Waals surface area contributed by atoms with Crippen molar-refractivity contribution in [2.45, 2.75) is 32.4 Å². The molecule has 1 fully saturated rings. The van der Waals surface area contributed by atoms with Crippen molar-refractivity contribution < 1.29 is 0 Å². The first-order valence-electron chi connectivity index (χ1n) is 7.26. The standard InChI is InChI=1S/C14H25N5/c1-2-4-13(11-15)19-9-7-18(8-10-19)12-14-16-5-3-6-17-14/h3,5-6,13H,2,4,7-12,15H2,1H3. The van der Waals surface area contributed by atoms with E-state index in [1.807, 2.05) is 18.5 Å². The van der Waals surface area contributed by atoms with Crippen molar-refractivity contribution in [1.29, 1.82) is 0 Å². The van der Waals surface area contributed by atoms with Gasteiger partial charge in [-0.25, -0.2) is 9.97 Å². The predicted molar refractivity (Wildman–Crippen MR) is 76.6 cm³/mol. The van der Waals surface area contributed by atoms with Crippen LogP contribution in [-0.4, -0.2) is 58.5 Å². The summed E-state index contributed by atoms with van der Waals surface area (Å²) in [6.07, 6.45) is 6.03. The SMILES string of the molecule is CCCC(CN)N1CCN(Cc2ncccn2)CC1. The Bertz CT molecular complexity index is 348. The molecule has 1 saturated heterocycles. The maximum Gasteiger partial charge on any atom is 0.142 e. The molecular formula is C14H25N5. The Hall–Kier alpha value is -1.04. The van der Waals surface area contributed by atoms with Crippen molar-refractivity contribution in [2.24, 2.45) is 5.73 Å². The van der Waals surface area contributed by atoms with Crippen molar-refractivity contribution in [3.8, 4) is 0 Å². The highest BCUT2D eigenvalue weighted by atomic mass is 15.3. The lowest BCUT2D eigenvalue weighted by Gasteiger charge is -2.38. The van der Waals surface area contributed by atoms with Gasteiger partial charge in [0, 0.05) is 51.2 Å². The first-order valence-corrected chi connectivity index (χ1v) is 7.26. The lowest BCUT2D eigenvalue weighted by atomic mass is 10.1. The zero-order chi connectivity index (χ0) is 13.5. The molecule has 1 aliphatic heterocycles. The van der Waals surface area contributed by atoms with E-state index in [1.165, 1.54) is 12.8 Å². The van der Waals surface area contributed by atoms with E-state index in [-0.39, 0.29) is 0 Å². The van der Waals surface area contributed by atoms with Gasteiger partial charge in [0.05, 0.1) is 6.54 Å². The Morgan fingerprint density at radius 2 is 1.89 bits per heavy atom. The quantitative estimate of drug-likeness (QED) is 0.819. The minimum Gasteiger partial charge on any atom is -0.329 e. The number of nitrogens with zero attached hydrogens (tertiary/aromatic N) is 4. The zero-order valence-corrected chi connectivity index (χ0v) is 11.8. The first kappa shape index (κ1) is 14.4. The predicted octanol–water partition coefficient (Wildman–Crippen LogP) is 0.722. The van der Waals surface area contributed by atoms with Gasteiger partial charge in [-0.3, -0.25) is 9.80 Å².